The van der Waals surface area contributed by atoms with Gasteiger partial charge in [-0.2, -0.15) is 0 Å². The maximum atomic E-state index is 12.8. The third-order valence-corrected chi connectivity index (χ3v) is 3.18. The summed E-state index contributed by atoms with van der Waals surface area (Å²) in [6.45, 7) is 0. The molecular formula is C15H13Cl2FO. The van der Waals surface area contributed by atoms with E-state index in [0.29, 0.717) is 23.1 Å². The molecule has 100 valence electrons. The molecule has 0 saturated carbocycles. The third-order valence-electron chi connectivity index (χ3n) is 2.71. The summed E-state index contributed by atoms with van der Waals surface area (Å²) in [4.78, 5) is 0. The summed E-state index contributed by atoms with van der Waals surface area (Å²) in [7, 11) is 0. The zero-order valence-electron chi connectivity index (χ0n) is 10.2. The second kappa shape index (κ2) is 6.78. The largest absolute Gasteiger partial charge is 0.486 e. The first-order chi connectivity index (χ1) is 9.19. The predicted molar refractivity (Wildman–Crippen MR) is 76.6 cm³/mol. The van der Waals surface area contributed by atoms with Gasteiger partial charge < -0.3 is 4.74 Å². The third kappa shape index (κ3) is 4.12. The summed E-state index contributed by atoms with van der Waals surface area (Å²) in [6.07, 6.45) is 0.501. The van der Waals surface area contributed by atoms with E-state index in [0.717, 1.165) is 5.56 Å². The van der Waals surface area contributed by atoms with Gasteiger partial charge in [0.15, 0.2) is 0 Å². The van der Waals surface area contributed by atoms with E-state index in [2.05, 4.69) is 0 Å². The Morgan fingerprint density at radius 1 is 1.00 bits per heavy atom. The molecule has 1 atom stereocenters. The average molecular weight is 299 g/mol. The number of ether oxygens (including phenoxy) is 1. The Balaban J connectivity index is 2.15. The molecule has 2 rings (SSSR count). The molecule has 1 nitrogen and oxygen atoms in total. The minimum atomic E-state index is -0.285. The molecule has 4 heteroatoms. The second-order valence-electron chi connectivity index (χ2n) is 4.09. The second-order valence-corrected chi connectivity index (χ2v) is 4.90. The van der Waals surface area contributed by atoms with Crippen LogP contribution in [0.25, 0.3) is 0 Å². The number of benzene rings is 2. The molecule has 2 aromatic rings. The Morgan fingerprint density at radius 3 is 2.21 bits per heavy atom. The number of hydrogen-bond acceptors (Lipinski definition) is 1. The molecule has 19 heavy (non-hydrogen) atoms. The fourth-order valence-corrected chi connectivity index (χ4v) is 2.07. The first kappa shape index (κ1) is 14.2. The van der Waals surface area contributed by atoms with Gasteiger partial charge >= 0.3 is 0 Å². The lowest BCUT2D eigenvalue weighted by atomic mass is 10.1. The van der Waals surface area contributed by atoms with Gasteiger partial charge in [0.05, 0.1) is 0 Å². The Kier molecular flexibility index (Phi) is 5.06. The molecule has 0 spiro atoms. The van der Waals surface area contributed by atoms with E-state index in [1.165, 1.54) is 12.1 Å². The van der Waals surface area contributed by atoms with E-state index in [-0.39, 0.29) is 11.9 Å². The van der Waals surface area contributed by atoms with Crippen molar-refractivity contribution in [1.29, 1.82) is 0 Å². The quantitative estimate of drug-likeness (QED) is 0.687. The molecule has 0 heterocycles. The van der Waals surface area contributed by atoms with Crippen LogP contribution in [0.1, 0.15) is 18.1 Å². The molecule has 0 amide bonds. The van der Waals surface area contributed by atoms with Crippen molar-refractivity contribution in [2.24, 2.45) is 0 Å². The molecule has 0 bridgehead atoms. The van der Waals surface area contributed by atoms with Crippen molar-refractivity contribution in [3.05, 3.63) is 64.9 Å². The number of rotatable bonds is 5. The Labute approximate surface area is 121 Å². The van der Waals surface area contributed by atoms with Crippen LogP contribution in [0.15, 0.2) is 48.5 Å². The Morgan fingerprint density at radius 2 is 1.63 bits per heavy atom. The highest BCUT2D eigenvalue weighted by Crippen LogP contribution is 2.26. The smallest absolute Gasteiger partial charge is 0.125 e. The van der Waals surface area contributed by atoms with Crippen LogP contribution >= 0.6 is 23.2 Å². The molecular weight excluding hydrogens is 286 g/mol. The zero-order valence-corrected chi connectivity index (χ0v) is 11.7. The van der Waals surface area contributed by atoms with Crippen molar-refractivity contribution < 1.29 is 9.13 Å². The molecule has 0 unspecified atom stereocenters. The van der Waals surface area contributed by atoms with E-state index < -0.39 is 0 Å². The lowest BCUT2D eigenvalue weighted by Crippen LogP contribution is -2.08. The van der Waals surface area contributed by atoms with Crippen molar-refractivity contribution in [2.45, 2.75) is 12.5 Å². The van der Waals surface area contributed by atoms with Crippen molar-refractivity contribution >= 4 is 23.2 Å². The molecule has 0 fully saturated rings. The average Bonchev–Trinajstić information content (AvgIpc) is 2.42. The van der Waals surface area contributed by atoms with E-state index in [9.17, 15) is 4.39 Å². The van der Waals surface area contributed by atoms with E-state index in [1.54, 1.807) is 12.1 Å². The molecule has 0 aliphatic rings. The van der Waals surface area contributed by atoms with Crippen LogP contribution in [0.3, 0.4) is 0 Å². The standard InChI is InChI=1S/C15H13Cl2FO/c16-10-9-15(11-1-3-12(17)4-2-11)19-14-7-5-13(18)6-8-14/h1-8,15H,9-10H2/t15-/m0/s1. The lowest BCUT2D eigenvalue weighted by Gasteiger charge is -2.18. The Bertz CT molecular complexity index is 511. The van der Waals surface area contributed by atoms with Crippen LogP contribution in [-0.2, 0) is 0 Å². The summed E-state index contributed by atoms with van der Waals surface area (Å²) >= 11 is 11.7. The van der Waals surface area contributed by atoms with Gasteiger partial charge in [-0.25, -0.2) is 4.39 Å². The fraction of sp³-hybridized carbons (Fsp3) is 0.200. The van der Waals surface area contributed by atoms with Crippen LogP contribution in [0.4, 0.5) is 4.39 Å². The van der Waals surface area contributed by atoms with Crippen LogP contribution in [0, 0.1) is 5.82 Å². The van der Waals surface area contributed by atoms with Crippen LogP contribution in [-0.4, -0.2) is 5.88 Å². The van der Waals surface area contributed by atoms with Gasteiger partial charge in [0.25, 0.3) is 0 Å². The maximum absolute atomic E-state index is 12.8. The van der Waals surface area contributed by atoms with Gasteiger partial charge in [-0.15, -0.1) is 11.6 Å². The SMILES string of the molecule is Fc1ccc(O[C@@H](CCCl)c2ccc(Cl)cc2)cc1. The Hall–Kier alpha value is -1.25. The van der Waals surface area contributed by atoms with Gasteiger partial charge in [-0.05, 0) is 42.0 Å². The van der Waals surface area contributed by atoms with Crippen LogP contribution in [0.5, 0.6) is 5.75 Å². The summed E-state index contributed by atoms with van der Waals surface area (Å²) in [5.41, 5.74) is 0.995. The molecule has 0 N–H and O–H groups in total. The van der Waals surface area contributed by atoms with Crippen molar-refractivity contribution in [1.82, 2.24) is 0 Å². The molecule has 0 radical (unpaired) electrons. The highest BCUT2D eigenvalue weighted by molar-refractivity contribution is 6.30. The van der Waals surface area contributed by atoms with Gasteiger partial charge in [0.1, 0.15) is 17.7 Å². The highest BCUT2D eigenvalue weighted by Gasteiger charge is 2.13. The van der Waals surface area contributed by atoms with Crippen molar-refractivity contribution in [3.63, 3.8) is 0 Å². The van der Waals surface area contributed by atoms with Gasteiger partial charge in [-0.3, -0.25) is 0 Å². The van der Waals surface area contributed by atoms with Crippen LogP contribution in [0.2, 0.25) is 5.02 Å². The van der Waals surface area contributed by atoms with E-state index in [1.807, 2.05) is 24.3 Å². The first-order valence-electron chi connectivity index (χ1n) is 5.92. The zero-order chi connectivity index (χ0) is 13.7. The molecule has 0 saturated heterocycles. The van der Waals surface area contributed by atoms with E-state index in [4.69, 9.17) is 27.9 Å². The molecule has 2 aromatic carbocycles. The van der Waals surface area contributed by atoms with E-state index >= 15 is 0 Å². The minimum absolute atomic E-state index is 0.166. The molecule has 0 aliphatic heterocycles. The number of halogens is 3. The highest BCUT2D eigenvalue weighted by atomic mass is 35.5. The summed E-state index contributed by atoms with van der Waals surface area (Å²) in [5, 5.41) is 0.676. The lowest BCUT2D eigenvalue weighted by molar-refractivity contribution is 0.202. The van der Waals surface area contributed by atoms with Gasteiger partial charge in [-0.1, -0.05) is 23.7 Å². The molecule has 0 aromatic heterocycles. The first-order valence-corrected chi connectivity index (χ1v) is 6.84. The topological polar surface area (TPSA) is 9.23 Å². The molecule has 0 aliphatic carbocycles. The maximum Gasteiger partial charge on any atom is 0.125 e. The van der Waals surface area contributed by atoms with Crippen molar-refractivity contribution in [2.75, 3.05) is 5.88 Å². The predicted octanol–water partition coefficient (Wildman–Crippen LogP) is 5.23. The number of hydrogen-bond donors (Lipinski definition) is 0. The van der Waals surface area contributed by atoms with Crippen molar-refractivity contribution in [3.8, 4) is 5.75 Å². The summed E-state index contributed by atoms with van der Waals surface area (Å²) < 4.78 is 18.7. The van der Waals surface area contributed by atoms with Gasteiger partial charge in [0.2, 0.25) is 0 Å². The van der Waals surface area contributed by atoms with Crippen LogP contribution < -0.4 is 4.74 Å². The fourth-order valence-electron chi connectivity index (χ4n) is 1.75. The normalized spacial score (nSPS) is 12.2. The summed E-state index contributed by atoms with van der Waals surface area (Å²) in [6, 6.07) is 13.4. The van der Waals surface area contributed by atoms with Gasteiger partial charge in [0, 0.05) is 17.3 Å². The monoisotopic (exact) mass is 298 g/mol. The summed E-state index contributed by atoms with van der Waals surface area (Å²) in [5.74, 6) is 0.813. The minimum Gasteiger partial charge on any atom is -0.486 e. The number of alkyl halides is 1.